The van der Waals surface area contributed by atoms with E-state index in [0.717, 1.165) is 32.4 Å². The lowest BCUT2D eigenvalue weighted by Gasteiger charge is -2.35. The summed E-state index contributed by atoms with van der Waals surface area (Å²) < 4.78 is 0. The number of rotatable bonds is 3. The van der Waals surface area contributed by atoms with Crippen molar-refractivity contribution in [3.05, 3.63) is 0 Å². The molecule has 1 aliphatic heterocycles. The number of hydrogen-bond acceptors (Lipinski definition) is 2. The fourth-order valence-electron chi connectivity index (χ4n) is 2.99. The van der Waals surface area contributed by atoms with Gasteiger partial charge in [0.1, 0.15) is 0 Å². The second-order valence-electron chi connectivity index (χ2n) is 6.32. The van der Waals surface area contributed by atoms with Crippen molar-refractivity contribution in [3.63, 3.8) is 0 Å². The molecule has 1 N–H and O–H groups in total. The summed E-state index contributed by atoms with van der Waals surface area (Å²) >= 11 is 0. The lowest BCUT2D eigenvalue weighted by molar-refractivity contribution is -0.140. The molecule has 0 bridgehead atoms. The molecule has 102 valence electrons. The molecule has 2 atom stereocenters. The standard InChI is InChI=1S/C14H23NO3/c1-9(2)10(3)12(16)15-6-4-14(5-7-15)8-11(14)13(17)18/h9-11H,4-8H2,1-3H3,(H,17,18). The zero-order valence-electron chi connectivity index (χ0n) is 11.5. The van der Waals surface area contributed by atoms with Crippen LogP contribution in [-0.4, -0.2) is 35.0 Å². The Labute approximate surface area is 108 Å². The van der Waals surface area contributed by atoms with Crippen LogP contribution in [0.1, 0.15) is 40.0 Å². The van der Waals surface area contributed by atoms with Crippen molar-refractivity contribution < 1.29 is 14.7 Å². The molecule has 1 saturated carbocycles. The van der Waals surface area contributed by atoms with Crippen molar-refractivity contribution in [3.8, 4) is 0 Å². The average molecular weight is 253 g/mol. The van der Waals surface area contributed by atoms with Gasteiger partial charge in [-0.25, -0.2) is 0 Å². The largest absolute Gasteiger partial charge is 0.481 e. The van der Waals surface area contributed by atoms with Gasteiger partial charge in [0.2, 0.25) is 5.91 Å². The quantitative estimate of drug-likeness (QED) is 0.837. The fourth-order valence-corrected chi connectivity index (χ4v) is 2.99. The Kier molecular flexibility index (Phi) is 3.39. The van der Waals surface area contributed by atoms with Crippen molar-refractivity contribution in [2.45, 2.75) is 40.0 Å². The third kappa shape index (κ3) is 2.25. The van der Waals surface area contributed by atoms with Gasteiger partial charge >= 0.3 is 5.97 Å². The highest BCUT2D eigenvalue weighted by Gasteiger charge is 2.59. The van der Waals surface area contributed by atoms with Gasteiger partial charge in [-0.05, 0) is 30.6 Å². The molecule has 1 aliphatic carbocycles. The van der Waals surface area contributed by atoms with Crippen LogP contribution in [0.4, 0.5) is 0 Å². The van der Waals surface area contributed by atoms with E-state index in [0.29, 0.717) is 5.92 Å². The van der Waals surface area contributed by atoms with E-state index in [1.807, 2.05) is 11.8 Å². The molecule has 0 radical (unpaired) electrons. The van der Waals surface area contributed by atoms with Gasteiger partial charge in [-0.2, -0.15) is 0 Å². The second-order valence-corrected chi connectivity index (χ2v) is 6.32. The molecule has 1 heterocycles. The molecule has 1 saturated heterocycles. The first-order valence-electron chi connectivity index (χ1n) is 6.89. The second kappa shape index (κ2) is 4.56. The van der Waals surface area contributed by atoms with E-state index in [1.54, 1.807) is 0 Å². The number of carboxylic acid groups (broad SMARTS) is 1. The summed E-state index contributed by atoms with van der Waals surface area (Å²) in [4.78, 5) is 25.1. The van der Waals surface area contributed by atoms with E-state index in [4.69, 9.17) is 5.11 Å². The summed E-state index contributed by atoms with van der Waals surface area (Å²) in [6.07, 6.45) is 2.53. The number of likely N-dealkylation sites (tertiary alicyclic amines) is 1. The Balaban J connectivity index is 1.88. The lowest BCUT2D eigenvalue weighted by Crippen LogP contribution is -2.43. The number of carboxylic acids is 1. The maximum absolute atomic E-state index is 12.2. The van der Waals surface area contributed by atoms with Crippen LogP contribution in [-0.2, 0) is 9.59 Å². The molecular formula is C14H23NO3. The molecule has 0 aromatic carbocycles. The summed E-state index contributed by atoms with van der Waals surface area (Å²) in [6, 6.07) is 0. The molecule has 2 rings (SSSR count). The molecule has 1 amide bonds. The molecule has 0 aromatic heterocycles. The van der Waals surface area contributed by atoms with Gasteiger partial charge in [0.15, 0.2) is 0 Å². The van der Waals surface area contributed by atoms with E-state index in [9.17, 15) is 9.59 Å². The van der Waals surface area contributed by atoms with Crippen molar-refractivity contribution >= 4 is 11.9 Å². The van der Waals surface area contributed by atoms with Crippen LogP contribution in [0, 0.1) is 23.2 Å². The van der Waals surface area contributed by atoms with Gasteiger partial charge < -0.3 is 10.0 Å². The number of nitrogens with zero attached hydrogens (tertiary/aromatic N) is 1. The summed E-state index contributed by atoms with van der Waals surface area (Å²) in [5.74, 6) is -0.162. The van der Waals surface area contributed by atoms with Crippen LogP contribution in [0.25, 0.3) is 0 Å². The summed E-state index contributed by atoms with van der Waals surface area (Å²) in [5, 5.41) is 9.03. The van der Waals surface area contributed by atoms with Crippen LogP contribution in [0.2, 0.25) is 0 Å². The number of aliphatic carboxylic acids is 1. The minimum Gasteiger partial charge on any atom is -0.481 e. The molecule has 2 unspecified atom stereocenters. The number of carbonyl (C=O) groups excluding carboxylic acids is 1. The first kappa shape index (κ1) is 13.4. The maximum atomic E-state index is 12.2. The molecule has 18 heavy (non-hydrogen) atoms. The molecule has 2 aliphatic rings. The van der Waals surface area contributed by atoms with Gasteiger partial charge in [-0.3, -0.25) is 9.59 Å². The van der Waals surface area contributed by atoms with Crippen LogP contribution >= 0.6 is 0 Å². The van der Waals surface area contributed by atoms with Crippen LogP contribution in [0.5, 0.6) is 0 Å². The van der Waals surface area contributed by atoms with E-state index < -0.39 is 5.97 Å². The number of hydrogen-bond donors (Lipinski definition) is 1. The lowest BCUT2D eigenvalue weighted by atomic mass is 9.89. The smallest absolute Gasteiger partial charge is 0.307 e. The zero-order chi connectivity index (χ0) is 13.5. The summed E-state index contributed by atoms with van der Waals surface area (Å²) in [7, 11) is 0. The third-order valence-corrected chi connectivity index (χ3v) is 4.95. The summed E-state index contributed by atoms with van der Waals surface area (Å²) in [5.41, 5.74) is 0.0175. The van der Waals surface area contributed by atoms with Gasteiger partial charge in [0, 0.05) is 19.0 Å². The van der Waals surface area contributed by atoms with Gasteiger partial charge in [0.05, 0.1) is 5.92 Å². The van der Waals surface area contributed by atoms with Crippen molar-refractivity contribution in [2.24, 2.45) is 23.2 Å². The van der Waals surface area contributed by atoms with Crippen LogP contribution < -0.4 is 0 Å². The Morgan fingerprint density at radius 2 is 1.78 bits per heavy atom. The summed E-state index contributed by atoms with van der Waals surface area (Å²) in [6.45, 7) is 7.58. The minimum absolute atomic E-state index is 0.0175. The highest BCUT2D eigenvalue weighted by molar-refractivity contribution is 5.79. The topological polar surface area (TPSA) is 57.6 Å². The van der Waals surface area contributed by atoms with E-state index in [2.05, 4.69) is 13.8 Å². The molecule has 1 spiro atoms. The Hall–Kier alpha value is -1.06. The maximum Gasteiger partial charge on any atom is 0.307 e. The monoisotopic (exact) mass is 253 g/mol. The molecule has 4 nitrogen and oxygen atoms in total. The molecule has 4 heteroatoms. The number of amides is 1. The van der Waals surface area contributed by atoms with Crippen molar-refractivity contribution in [2.75, 3.05) is 13.1 Å². The highest BCUT2D eigenvalue weighted by atomic mass is 16.4. The third-order valence-electron chi connectivity index (χ3n) is 4.95. The number of piperidine rings is 1. The van der Waals surface area contributed by atoms with Gasteiger partial charge in [-0.1, -0.05) is 20.8 Å². The van der Waals surface area contributed by atoms with E-state index >= 15 is 0 Å². The Morgan fingerprint density at radius 1 is 1.22 bits per heavy atom. The Morgan fingerprint density at radius 3 is 2.17 bits per heavy atom. The molecular weight excluding hydrogens is 230 g/mol. The zero-order valence-corrected chi connectivity index (χ0v) is 11.5. The highest BCUT2D eigenvalue weighted by Crippen LogP contribution is 2.59. The van der Waals surface area contributed by atoms with E-state index in [-0.39, 0.29) is 23.2 Å². The first-order chi connectivity index (χ1) is 8.37. The predicted molar refractivity (Wildman–Crippen MR) is 68.0 cm³/mol. The van der Waals surface area contributed by atoms with E-state index in [1.165, 1.54) is 0 Å². The average Bonchev–Trinajstić information content (AvgIpc) is 3.02. The fraction of sp³-hybridized carbons (Fsp3) is 0.857. The minimum atomic E-state index is -0.662. The van der Waals surface area contributed by atoms with Crippen LogP contribution in [0.15, 0.2) is 0 Å². The number of carbonyl (C=O) groups is 2. The predicted octanol–water partition coefficient (Wildman–Crippen LogP) is 1.99. The SMILES string of the molecule is CC(C)C(C)C(=O)N1CCC2(CC1)CC2C(=O)O. The van der Waals surface area contributed by atoms with Gasteiger partial charge in [-0.15, -0.1) is 0 Å². The normalized spacial score (nSPS) is 27.3. The first-order valence-corrected chi connectivity index (χ1v) is 6.89. The molecule has 2 fully saturated rings. The van der Waals surface area contributed by atoms with Crippen molar-refractivity contribution in [1.82, 2.24) is 4.90 Å². The van der Waals surface area contributed by atoms with Crippen LogP contribution in [0.3, 0.4) is 0 Å². The Bertz CT molecular complexity index is 356. The van der Waals surface area contributed by atoms with Crippen molar-refractivity contribution in [1.29, 1.82) is 0 Å². The molecule has 0 aromatic rings. The van der Waals surface area contributed by atoms with Gasteiger partial charge in [0.25, 0.3) is 0 Å².